The first-order valence-corrected chi connectivity index (χ1v) is 14.5. The van der Waals surface area contributed by atoms with E-state index in [2.05, 4.69) is 47.8 Å². The number of allylic oxidation sites excluding steroid dienone is 2. The number of fused-ring (bicyclic) bond motifs is 7. The zero-order chi connectivity index (χ0) is 25.6. The summed E-state index contributed by atoms with van der Waals surface area (Å²) in [5.74, 6) is 3.90. The maximum Gasteiger partial charge on any atom is 0.0948 e. The maximum absolute atomic E-state index is 11.0. The summed E-state index contributed by atoms with van der Waals surface area (Å²) in [6.07, 6.45) is 11.3. The zero-order valence-electron chi connectivity index (χ0n) is 23.5. The zero-order valence-corrected chi connectivity index (χ0v) is 23.5. The first-order chi connectivity index (χ1) is 16.4. The van der Waals surface area contributed by atoms with Crippen molar-refractivity contribution in [2.45, 2.75) is 105 Å². The molecule has 0 aromatic carbocycles. The third-order valence-electron chi connectivity index (χ3n) is 14.0. The summed E-state index contributed by atoms with van der Waals surface area (Å²) >= 11 is 0. The van der Waals surface area contributed by atoms with Crippen molar-refractivity contribution >= 4 is 0 Å². The molecular formula is C32H52O3. The van der Waals surface area contributed by atoms with Crippen LogP contribution in [0, 0.1) is 56.7 Å². The van der Waals surface area contributed by atoms with Crippen molar-refractivity contribution < 1.29 is 14.9 Å². The number of rotatable bonds is 4. The standard InChI is InChI=1S/C32H52O3/c1-20(2)22-11-16-32(21(3)35-8)18-17-30(6)23(27(22)32)9-10-25-28(4)14-13-26(34)29(5,19-33)24(28)12-15-31(25,30)7/h22-27,33-34H,1,3,9-19H2,2,4-8H3/t22-,23?,24+,25+,26?,27+,28-,29-,30+,31+,32+/m0/s1. The van der Waals surface area contributed by atoms with Gasteiger partial charge in [0.05, 0.1) is 25.6 Å². The molecule has 5 fully saturated rings. The molecule has 5 saturated carbocycles. The lowest BCUT2D eigenvalue weighted by Crippen LogP contribution is -2.67. The molecule has 5 aliphatic carbocycles. The lowest BCUT2D eigenvalue weighted by molar-refractivity contribution is -0.253. The number of hydrogen-bond acceptors (Lipinski definition) is 3. The largest absolute Gasteiger partial charge is 0.501 e. The van der Waals surface area contributed by atoms with Crippen LogP contribution in [0.15, 0.2) is 24.5 Å². The van der Waals surface area contributed by atoms with Gasteiger partial charge in [0.15, 0.2) is 0 Å². The summed E-state index contributed by atoms with van der Waals surface area (Å²) in [5, 5.41) is 21.5. The predicted octanol–water partition coefficient (Wildman–Crippen LogP) is 7.14. The monoisotopic (exact) mass is 484 g/mol. The fraction of sp³-hybridized carbons (Fsp3) is 0.875. The van der Waals surface area contributed by atoms with Crippen molar-refractivity contribution in [2.75, 3.05) is 13.7 Å². The third-order valence-corrected chi connectivity index (χ3v) is 14.0. The van der Waals surface area contributed by atoms with Gasteiger partial charge in [-0.25, -0.2) is 0 Å². The molecule has 3 heteroatoms. The number of methoxy groups -OCH3 is 1. The normalized spacial score (nSPS) is 55.2. The summed E-state index contributed by atoms with van der Waals surface area (Å²) in [4.78, 5) is 0. The molecule has 198 valence electrons. The number of ether oxygens (including phenoxy) is 1. The smallest absolute Gasteiger partial charge is 0.0948 e. The van der Waals surface area contributed by atoms with Crippen LogP contribution in [0.5, 0.6) is 0 Å². The molecule has 5 aliphatic rings. The van der Waals surface area contributed by atoms with Gasteiger partial charge >= 0.3 is 0 Å². The molecule has 5 rings (SSSR count). The summed E-state index contributed by atoms with van der Waals surface area (Å²) in [6.45, 7) is 21.3. The Morgan fingerprint density at radius 1 is 0.857 bits per heavy atom. The highest BCUT2D eigenvalue weighted by Crippen LogP contribution is 2.78. The summed E-state index contributed by atoms with van der Waals surface area (Å²) in [5.41, 5.74) is 1.84. The SMILES string of the molecule is C=C(C)[C@@H]1CC[C@]2(C(=C)OC)CC[C@]3(C)C(CC[C@@H]4[C@@]5(C)CCC(O)[C@@](C)(CO)[C@@H]5CC[C@]43C)[C@@H]12. The van der Waals surface area contributed by atoms with Crippen LogP contribution in [0.25, 0.3) is 0 Å². The lowest BCUT2D eigenvalue weighted by atomic mass is 9.32. The van der Waals surface area contributed by atoms with E-state index in [0.717, 1.165) is 25.0 Å². The van der Waals surface area contributed by atoms with Crippen molar-refractivity contribution in [3.05, 3.63) is 24.5 Å². The van der Waals surface area contributed by atoms with E-state index < -0.39 is 0 Å². The molecule has 2 N–H and O–H groups in total. The van der Waals surface area contributed by atoms with Crippen molar-refractivity contribution in [1.29, 1.82) is 0 Å². The Hall–Kier alpha value is -0.800. The van der Waals surface area contributed by atoms with Gasteiger partial charge in [0.2, 0.25) is 0 Å². The maximum atomic E-state index is 11.0. The second-order valence-electron chi connectivity index (χ2n) is 14.7. The molecule has 0 spiro atoms. The van der Waals surface area contributed by atoms with Gasteiger partial charge in [0.1, 0.15) is 0 Å². The quantitative estimate of drug-likeness (QED) is 0.329. The van der Waals surface area contributed by atoms with Crippen molar-refractivity contribution in [1.82, 2.24) is 0 Å². The highest BCUT2D eigenvalue weighted by Gasteiger charge is 2.71. The van der Waals surface area contributed by atoms with E-state index in [1.165, 1.54) is 50.5 Å². The van der Waals surface area contributed by atoms with Crippen LogP contribution in [0.2, 0.25) is 0 Å². The van der Waals surface area contributed by atoms with E-state index in [1.807, 2.05) is 7.11 Å². The topological polar surface area (TPSA) is 49.7 Å². The Balaban J connectivity index is 1.56. The second-order valence-corrected chi connectivity index (χ2v) is 14.7. The molecule has 0 saturated heterocycles. The van der Waals surface area contributed by atoms with Gasteiger partial charge in [0, 0.05) is 10.8 Å². The molecule has 0 amide bonds. The molecule has 35 heavy (non-hydrogen) atoms. The summed E-state index contributed by atoms with van der Waals surface area (Å²) in [7, 11) is 1.83. The van der Waals surface area contributed by atoms with Crippen LogP contribution in [0.1, 0.15) is 98.8 Å². The van der Waals surface area contributed by atoms with E-state index in [9.17, 15) is 10.2 Å². The molecule has 0 bridgehead atoms. The van der Waals surface area contributed by atoms with Gasteiger partial charge in [0.25, 0.3) is 0 Å². The van der Waals surface area contributed by atoms with Crippen LogP contribution in [0.4, 0.5) is 0 Å². The molecule has 0 aliphatic heterocycles. The molecule has 2 unspecified atom stereocenters. The van der Waals surface area contributed by atoms with Gasteiger partial charge in [-0.3, -0.25) is 0 Å². The number of aliphatic hydroxyl groups is 2. The molecule has 0 radical (unpaired) electrons. The molecule has 0 aromatic heterocycles. The molecule has 3 nitrogen and oxygen atoms in total. The summed E-state index contributed by atoms with van der Waals surface area (Å²) < 4.78 is 5.93. The second kappa shape index (κ2) is 8.10. The third kappa shape index (κ3) is 3.03. The van der Waals surface area contributed by atoms with E-state index in [4.69, 9.17) is 4.74 Å². The molecule has 11 atom stereocenters. The van der Waals surface area contributed by atoms with Crippen LogP contribution in [-0.4, -0.2) is 30.0 Å². The fourth-order valence-corrected chi connectivity index (χ4v) is 11.8. The highest BCUT2D eigenvalue weighted by atomic mass is 16.5. The Morgan fingerprint density at radius 2 is 1.57 bits per heavy atom. The van der Waals surface area contributed by atoms with Gasteiger partial charge in [-0.1, -0.05) is 46.4 Å². The Bertz CT molecular complexity index is 895. The van der Waals surface area contributed by atoms with E-state index in [1.54, 1.807) is 0 Å². The van der Waals surface area contributed by atoms with Crippen molar-refractivity contribution in [3.8, 4) is 0 Å². The first-order valence-electron chi connectivity index (χ1n) is 14.5. The van der Waals surface area contributed by atoms with Gasteiger partial charge in [-0.05, 0) is 117 Å². The average Bonchev–Trinajstić information content (AvgIpc) is 3.23. The minimum absolute atomic E-state index is 0.0990. The molecule has 0 heterocycles. The Labute approximate surface area is 214 Å². The Morgan fingerprint density at radius 3 is 2.20 bits per heavy atom. The van der Waals surface area contributed by atoms with Crippen LogP contribution >= 0.6 is 0 Å². The minimum Gasteiger partial charge on any atom is -0.501 e. The minimum atomic E-state index is -0.382. The predicted molar refractivity (Wildman–Crippen MR) is 143 cm³/mol. The van der Waals surface area contributed by atoms with Crippen molar-refractivity contribution in [2.24, 2.45) is 56.7 Å². The van der Waals surface area contributed by atoms with Crippen LogP contribution in [-0.2, 0) is 4.74 Å². The highest BCUT2D eigenvalue weighted by molar-refractivity contribution is 5.25. The van der Waals surface area contributed by atoms with Crippen LogP contribution < -0.4 is 0 Å². The van der Waals surface area contributed by atoms with Gasteiger partial charge < -0.3 is 14.9 Å². The van der Waals surface area contributed by atoms with Crippen LogP contribution in [0.3, 0.4) is 0 Å². The Kier molecular flexibility index (Phi) is 5.98. The van der Waals surface area contributed by atoms with E-state index in [-0.39, 0.29) is 39.8 Å². The summed E-state index contributed by atoms with van der Waals surface area (Å²) in [6, 6.07) is 0. The van der Waals surface area contributed by atoms with Gasteiger partial charge in [-0.15, -0.1) is 0 Å². The molecule has 0 aromatic rings. The lowest BCUT2D eigenvalue weighted by Gasteiger charge is -2.73. The first kappa shape index (κ1) is 25.8. The van der Waals surface area contributed by atoms with E-state index >= 15 is 0 Å². The average molecular weight is 485 g/mol. The number of aliphatic hydroxyl groups excluding tert-OH is 2. The van der Waals surface area contributed by atoms with Gasteiger partial charge in [-0.2, -0.15) is 0 Å². The fourth-order valence-electron chi connectivity index (χ4n) is 11.8. The van der Waals surface area contributed by atoms with E-state index in [0.29, 0.717) is 29.6 Å². The molecular weight excluding hydrogens is 432 g/mol. The number of hydrogen-bond donors (Lipinski definition) is 2. The van der Waals surface area contributed by atoms with Crippen molar-refractivity contribution in [3.63, 3.8) is 0 Å².